The average Bonchev–Trinajstić information content (AvgIpc) is 3.15. The molecule has 0 amide bonds. The Hall–Kier alpha value is -2.01. The van der Waals surface area contributed by atoms with Crippen LogP contribution in [0.25, 0.3) is 11.0 Å². The number of fused-ring (bicyclic) bond motifs is 1. The van der Waals surface area contributed by atoms with Gasteiger partial charge in [0.25, 0.3) is 0 Å². The summed E-state index contributed by atoms with van der Waals surface area (Å²) in [5, 5.41) is 4.40. The van der Waals surface area contributed by atoms with Crippen molar-refractivity contribution in [3.05, 3.63) is 35.6 Å². The van der Waals surface area contributed by atoms with E-state index in [0.29, 0.717) is 18.5 Å². The summed E-state index contributed by atoms with van der Waals surface area (Å²) in [6.07, 6.45) is 2.51. The van der Waals surface area contributed by atoms with E-state index in [0.717, 1.165) is 35.4 Å². The van der Waals surface area contributed by atoms with Crippen LogP contribution < -0.4 is 11.1 Å². The van der Waals surface area contributed by atoms with E-state index in [9.17, 15) is 0 Å². The first kappa shape index (κ1) is 15.9. The molecule has 1 unspecified atom stereocenters. The molecular weight excluding hydrogens is 288 g/mol. The maximum atomic E-state index is 6.01. The quantitative estimate of drug-likeness (QED) is 0.658. The minimum absolute atomic E-state index is 0.474. The second kappa shape index (κ2) is 7.04. The van der Waals surface area contributed by atoms with E-state index in [1.54, 1.807) is 0 Å². The number of nitrogens with one attached hydrogen (secondary N) is 1. The van der Waals surface area contributed by atoms with Gasteiger partial charge in [0.1, 0.15) is 17.9 Å². The fourth-order valence-corrected chi connectivity index (χ4v) is 3.35. The minimum Gasteiger partial charge on any atom is -0.459 e. The van der Waals surface area contributed by atoms with E-state index < -0.39 is 0 Å². The number of aliphatic imine (C=N–C) groups is 1. The Morgan fingerprint density at radius 2 is 2.26 bits per heavy atom. The summed E-state index contributed by atoms with van der Waals surface area (Å²) in [5.41, 5.74) is 8.06. The summed E-state index contributed by atoms with van der Waals surface area (Å²) in [4.78, 5) is 6.92. The van der Waals surface area contributed by atoms with Crippen molar-refractivity contribution in [2.75, 3.05) is 19.6 Å². The first-order chi connectivity index (χ1) is 11.2. The van der Waals surface area contributed by atoms with Gasteiger partial charge in [0, 0.05) is 23.5 Å². The van der Waals surface area contributed by atoms with Crippen LogP contribution in [0.4, 0.5) is 0 Å². The molecule has 1 saturated heterocycles. The highest BCUT2D eigenvalue weighted by Crippen LogP contribution is 2.25. The van der Waals surface area contributed by atoms with E-state index in [2.05, 4.69) is 35.1 Å². The van der Waals surface area contributed by atoms with Gasteiger partial charge in [-0.3, -0.25) is 4.90 Å². The molecule has 1 aromatic heterocycles. The van der Waals surface area contributed by atoms with Crippen molar-refractivity contribution in [3.63, 3.8) is 0 Å². The van der Waals surface area contributed by atoms with Crippen LogP contribution in [-0.2, 0) is 6.54 Å². The molecule has 1 aromatic carbocycles. The lowest BCUT2D eigenvalue weighted by Crippen LogP contribution is -2.42. The molecule has 1 atom stereocenters. The standard InChI is InChI=1S/C18H26N4O/c1-3-22-10-6-7-14(22)11-20-18(19)21-12-17-13(2)15-8-4-5-9-16(15)23-17/h4-5,8-9,14H,3,6-7,10-12H2,1-2H3,(H3,19,20,21). The highest BCUT2D eigenvalue weighted by molar-refractivity contribution is 5.82. The molecule has 2 heterocycles. The zero-order chi connectivity index (χ0) is 16.2. The van der Waals surface area contributed by atoms with Gasteiger partial charge in [-0.05, 0) is 38.9 Å². The molecule has 0 aliphatic carbocycles. The molecule has 124 valence electrons. The number of rotatable bonds is 5. The van der Waals surface area contributed by atoms with Crippen LogP contribution in [0.5, 0.6) is 0 Å². The smallest absolute Gasteiger partial charge is 0.189 e. The van der Waals surface area contributed by atoms with Crippen LogP contribution in [0, 0.1) is 6.92 Å². The van der Waals surface area contributed by atoms with Crippen molar-refractivity contribution in [1.29, 1.82) is 0 Å². The molecule has 5 heteroatoms. The lowest BCUT2D eigenvalue weighted by Gasteiger charge is -2.23. The van der Waals surface area contributed by atoms with Crippen molar-refractivity contribution in [2.24, 2.45) is 10.7 Å². The minimum atomic E-state index is 0.474. The fraction of sp³-hybridized carbons (Fsp3) is 0.500. The van der Waals surface area contributed by atoms with E-state index in [1.165, 1.54) is 19.4 Å². The van der Waals surface area contributed by atoms with Crippen molar-refractivity contribution in [3.8, 4) is 0 Å². The molecular formula is C18H26N4O. The molecule has 5 nitrogen and oxygen atoms in total. The summed E-state index contributed by atoms with van der Waals surface area (Å²) < 4.78 is 5.86. The summed E-state index contributed by atoms with van der Waals surface area (Å²) in [7, 11) is 0. The molecule has 3 N–H and O–H groups in total. The molecule has 1 fully saturated rings. The van der Waals surface area contributed by atoms with Crippen molar-refractivity contribution in [2.45, 2.75) is 39.3 Å². The molecule has 0 saturated carbocycles. The Morgan fingerprint density at radius 1 is 1.43 bits per heavy atom. The Bertz CT molecular complexity index is 691. The monoisotopic (exact) mass is 314 g/mol. The second-order valence-corrected chi connectivity index (χ2v) is 6.15. The number of hydrogen-bond acceptors (Lipinski definition) is 3. The van der Waals surface area contributed by atoms with Gasteiger partial charge in [-0.15, -0.1) is 0 Å². The number of likely N-dealkylation sites (tertiary alicyclic amines) is 1. The summed E-state index contributed by atoms with van der Waals surface area (Å²) in [6.45, 7) is 7.90. The van der Waals surface area contributed by atoms with E-state index >= 15 is 0 Å². The molecule has 0 bridgehead atoms. The summed E-state index contributed by atoms with van der Waals surface area (Å²) >= 11 is 0. The second-order valence-electron chi connectivity index (χ2n) is 6.15. The predicted octanol–water partition coefficient (Wildman–Crippen LogP) is 2.63. The zero-order valence-corrected chi connectivity index (χ0v) is 14.0. The van der Waals surface area contributed by atoms with Gasteiger partial charge >= 0.3 is 0 Å². The first-order valence-electron chi connectivity index (χ1n) is 8.44. The van der Waals surface area contributed by atoms with E-state index in [1.807, 2.05) is 18.2 Å². The molecule has 2 aromatic rings. The molecule has 0 spiro atoms. The maximum Gasteiger partial charge on any atom is 0.189 e. The van der Waals surface area contributed by atoms with Crippen LogP contribution in [0.1, 0.15) is 31.1 Å². The lowest BCUT2D eigenvalue weighted by atomic mass is 10.1. The van der Waals surface area contributed by atoms with Gasteiger partial charge in [-0.1, -0.05) is 25.1 Å². The third-order valence-corrected chi connectivity index (χ3v) is 4.76. The number of nitrogens with zero attached hydrogens (tertiary/aromatic N) is 2. The number of nitrogens with two attached hydrogens (primary N) is 1. The molecule has 0 radical (unpaired) electrons. The maximum absolute atomic E-state index is 6.01. The van der Waals surface area contributed by atoms with Crippen molar-refractivity contribution in [1.82, 2.24) is 10.2 Å². The normalized spacial score (nSPS) is 19.6. The molecule has 1 aliphatic rings. The predicted molar refractivity (Wildman–Crippen MR) is 94.5 cm³/mol. The molecule has 1 aliphatic heterocycles. The molecule has 3 rings (SSSR count). The van der Waals surface area contributed by atoms with Crippen molar-refractivity contribution >= 4 is 16.9 Å². The largest absolute Gasteiger partial charge is 0.459 e. The van der Waals surface area contributed by atoms with Crippen LogP contribution in [0.2, 0.25) is 0 Å². The highest BCUT2D eigenvalue weighted by Gasteiger charge is 2.22. The number of furan rings is 1. The SMILES string of the molecule is CCN1CCCC1CNC(N)=NCc1oc2ccccc2c1C. The number of guanidine groups is 1. The summed E-state index contributed by atoms with van der Waals surface area (Å²) in [6, 6.07) is 8.63. The van der Waals surface area contributed by atoms with Gasteiger partial charge in [0.05, 0.1) is 0 Å². The van der Waals surface area contributed by atoms with Gasteiger partial charge in [0.2, 0.25) is 0 Å². The molecule has 23 heavy (non-hydrogen) atoms. The van der Waals surface area contributed by atoms with Crippen LogP contribution in [0.3, 0.4) is 0 Å². The summed E-state index contributed by atoms with van der Waals surface area (Å²) in [5.74, 6) is 1.37. The van der Waals surface area contributed by atoms with Crippen LogP contribution in [0.15, 0.2) is 33.7 Å². The van der Waals surface area contributed by atoms with Gasteiger partial charge < -0.3 is 15.5 Å². The van der Waals surface area contributed by atoms with Gasteiger partial charge in [0.15, 0.2) is 5.96 Å². The van der Waals surface area contributed by atoms with Crippen LogP contribution in [-0.4, -0.2) is 36.5 Å². The Labute approximate surface area is 137 Å². The number of hydrogen-bond donors (Lipinski definition) is 2. The zero-order valence-electron chi connectivity index (χ0n) is 14.0. The number of para-hydroxylation sites is 1. The third kappa shape index (κ3) is 3.50. The van der Waals surface area contributed by atoms with E-state index in [-0.39, 0.29) is 0 Å². The third-order valence-electron chi connectivity index (χ3n) is 4.76. The Kier molecular flexibility index (Phi) is 4.86. The topological polar surface area (TPSA) is 66.8 Å². The number of likely N-dealkylation sites (N-methyl/N-ethyl adjacent to an activating group) is 1. The average molecular weight is 314 g/mol. The first-order valence-corrected chi connectivity index (χ1v) is 8.44. The highest BCUT2D eigenvalue weighted by atomic mass is 16.3. The Balaban J connectivity index is 1.59. The van der Waals surface area contributed by atoms with Gasteiger partial charge in [-0.2, -0.15) is 0 Å². The van der Waals surface area contributed by atoms with Gasteiger partial charge in [-0.25, -0.2) is 4.99 Å². The van der Waals surface area contributed by atoms with Crippen LogP contribution >= 0.6 is 0 Å². The number of benzene rings is 1. The van der Waals surface area contributed by atoms with Crippen molar-refractivity contribution < 1.29 is 4.42 Å². The fourth-order valence-electron chi connectivity index (χ4n) is 3.35. The van der Waals surface area contributed by atoms with E-state index in [4.69, 9.17) is 10.2 Å². The Morgan fingerprint density at radius 3 is 3.04 bits per heavy atom. The number of aryl methyl sites for hydroxylation is 1. The lowest BCUT2D eigenvalue weighted by molar-refractivity contribution is 0.267.